The number of rotatable bonds is 1. The van der Waals surface area contributed by atoms with E-state index in [1.165, 1.54) is 6.20 Å². The molecule has 0 saturated carbocycles. The first-order valence-electron chi connectivity index (χ1n) is 5.31. The minimum atomic E-state index is -0.682. The molecule has 2 N–H and O–H groups in total. The molecule has 7 heteroatoms. The number of hydrogen-bond acceptors (Lipinski definition) is 3. The Kier molecular flexibility index (Phi) is 2.41. The summed E-state index contributed by atoms with van der Waals surface area (Å²) in [5.74, 6) is -2.05. The topological polar surface area (TPSA) is 56.2 Å². The van der Waals surface area contributed by atoms with Gasteiger partial charge in [-0.15, -0.1) is 5.10 Å². The molecule has 3 aromatic rings. The quantitative estimate of drug-likeness (QED) is 0.734. The van der Waals surface area contributed by atoms with E-state index in [2.05, 4.69) is 10.1 Å². The molecule has 0 radical (unpaired) electrons. The monoisotopic (exact) mass is 264 g/mol. The van der Waals surface area contributed by atoms with Gasteiger partial charge in [0.05, 0.1) is 11.9 Å². The molecule has 0 fully saturated rings. The lowest BCUT2D eigenvalue weighted by Gasteiger charge is -2.03. The highest BCUT2D eigenvalue weighted by molar-refractivity contribution is 5.67. The molecule has 19 heavy (non-hydrogen) atoms. The lowest BCUT2D eigenvalue weighted by Crippen LogP contribution is -2.02. The number of halogens is 3. The van der Waals surface area contributed by atoms with E-state index < -0.39 is 17.5 Å². The third-order valence-corrected chi connectivity index (χ3v) is 2.69. The van der Waals surface area contributed by atoms with Crippen LogP contribution < -0.4 is 5.73 Å². The Bertz CT molecular complexity index is 782. The smallest absolute Gasteiger partial charge is 0.238 e. The van der Waals surface area contributed by atoms with Crippen LogP contribution in [0.15, 0.2) is 30.5 Å². The number of aromatic nitrogens is 3. The summed E-state index contributed by atoms with van der Waals surface area (Å²) in [7, 11) is 0. The molecule has 0 aliphatic carbocycles. The maximum Gasteiger partial charge on any atom is 0.238 e. The first-order chi connectivity index (χ1) is 9.06. The van der Waals surface area contributed by atoms with Gasteiger partial charge in [-0.2, -0.15) is 0 Å². The van der Waals surface area contributed by atoms with Gasteiger partial charge >= 0.3 is 0 Å². The van der Waals surface area contributed by atoms with Gasteiger partial charge in [-0.1, -0.05) is 0 Å². The van der Waals surface area contributed by atoms with Gasteiger partial charge in [-0.3, -0.25) is 0 Å². The van der Waals surface area contributed by atoms with Gasteiger partial charge in [0.15, 0.2) is 5.82 Å². The molecule has 3 rings (SSSR count). The molecular formula is C12H7F3N4. The van der Waals surface area contributed by atoms with Crippen LogP contribution in [0.5, 0.6) is 0 Å². The number of nitrogens with two attached hydrogens (primary N) is 1. The van der Waals surface area contributed by atoms with E-state index in [1.54, 1.807) is 0 Å². The molecule has 0 atom stereocenters. The van der Waals surface area contributed by atoms with Crippen LogP contribution in [0.1, 0.15) is 0 Å². The number of hydrogen-bond donors (Lipinski definition) is 1. The van der Waals surface area contributed by atoms with Gasteiger partial charge in [0, 0.05) is 11.6 Å². The van der Waals surface area contributed by atoms with Gasteiger partial charge in [0.2, 0.25) is 5.95 Å². The van der Waals surface area contributed by atoms with Crippen LogP contribution in [-0.2, 0) is 0 Å². The van der Waals surface area contributed by atoms with E-state index in [4.69, 9.17) is 5.73 Å². The zero-order chi connectivity index (χ0) is 13.6. The highest BCUT2D eigenvalue weighted by Gasteiger charge is 2.16. The molecular weight excluding hydrogens is 257 g/mol. The van der Waals surface area contributed by atoms with E-state index >= 15 is 0 Å². The van der Waals surface area contributed by atoms with Crippen molar-refractivity contribution in [3.05, 3.63) is 47.9 Å². The Morgan fingerprint density at radius 2 is 1.84 bits per heavy atom. The molecule has 2 aromatic heterocycles. The molecule has 2 heterocycles. The molecule has 96 valence electrons. The van der Waals surface area contributed by atoms with Crippen LogP contribution in [-0.4, -0.2) is 14.6 Å². The van der Waals surface area contributed by atoms with Gasteiger partial charge < -0.3 is 5.73 Å². The summed E-state index contributed by atoms with van der Waals surface area (Å²) in [5.41, 5.74) is 5.42. The maximum absolute atomic E-state index is 13.7. The van der Waals surface area contributed by atoms with Crippen LogP contribution in [0.4, 0.5) is 19.1 Å². The molecule has 0 amide bonds. The number of anilines is 1. The Hall–Kier alpha value is -2.57. The van der Waals surface area contributed by atoms with Gasteiger partial charge in [0.1, 0.15) is 17.2 Å². The Balaban J connectivity index is 2.36. The van der Waals surface area contributed by atoms with Crippen molar-refractivity contribution in [1.82, 2.24) is 14.6 Å². The molecule has 0 aliphatic rings. The fraction of sp³-hybridized carbons (Fsp3) is 0. The molecule has 0 spiro atoms. The van der Waals surface area contributed by atoms with Gasteiger partial charge in [-0.05, 0) is 18.2 Å². The van der Waals surface area contributed by atoms with Gasteiger partial charge in [-0.25, -0.2) is 22.7 Å². The summed E-state index contributed by atoms with van der Waals surface area (Å²) < 4.78 is 41.7. The van der Waals surface area contributed by atoms with E-state index in [1.807, 2.05) is 0 Å². The average Bonchev–Trinajstić information content (AvgIpc) is 2.69. The van der Waals surface area contributed by atoms with Crippen LogP contribution in [0.2, 0.25) is 0 Å². The van der Waals surface area contributed by atoms with Crippen LogP contribution in [0, 0.1) is 17.5 Å². The highest BCUT2D eigenvalue weighted by Crippen LogP contribution is 2.27. The summed E-state index contributed by atoms with van der Waals surface area (Å²) in [6, 6.07) is 3.97. The second kappa shape index (κ2) is 3.98. The third kappa shape index (κ3) is 1.79. The summed E-state index contributed by atoms with van der Waals surface area (Å²) in [6.45, 7) is 0. The fourth-order valence-corrected chi connectivity index (χ4v) is 1.85. The second-order valence-electron chi connectivity index (χ2n) is 3.92. The maximum atomic E-state index is 13.7. The number of nitrogen functional groups attached to an aromatic ring is 1. The average molecular weight is 264 g/mol. The fourth-order valence-electron chi connectivity index (χ4n) is 1.85. The van der Waals surface area contributed by atoms with Crippen molar-refractivity contribution in [3.63, 3.8) is 0 Å². The van der Waals surface area contributed by atoms with Gasteiger partial charge in [0.25, 0.3) is 0 Å². The van der Waals surface area contributed by atoms with E-state index in [-0.39, 0.29) is 22.7 Å². The molecule has 0 unspecified atom stereocenters. The van der Waals surface area contributed by atoms with E-state index in [9.17, 15) is 13.2 Å². The normalized spacial score (nSPS) is 11.1. The van der Waals surface area contributed by atoms with Crippen molar-refractivity contribution in [2.45, 2.75) is 0 Å². The number of nitrogens with zero attached hydrogens (tertiary/aromatic N) is 3. The van der Waals surface area contributed by atoms with Crippen molar-refractivity contribution in [1.29, 1.82) is 0 Å². The summed E-state index contributed by atoms with van der Waals surface area (Å²) in [6.07, 6.45) is 1.18. The Morgan fingerprint density at radius 3 is 2.63 bits per heavy atom. The minimum absolute atomic E-state index is 0.0351. The zero-order valence-electron chi connectivity index (χ0n) is 9.44. The van der Waals surface area contributed by atoms with Crippen LogP contribution >= 0.6 is 0 Å². The zero-order valence-corrected chi connectivity index (χ0v) is 9.44. The predicted molar refractivity (Wildman–Crippen MR) is 62.7 cm³/mol. The van der Waals surface area contributed by atoms with Crippen molar-refractivity contribution < 1.29 is 13.2 Å². The molecule has 0 bridgehead atoms. The lowest BCUT2D eigenvalue weighted by atomic mass is 10.1. The second-order valence-corrected chi connectivity index (χ2v) is 3.92. The first-order valence-corrected chi connectivity index (χ1v) is 5.31. The standard InChI is InChI=1S/C12H7F3N4/c13-6-1-2-8(14)7(3-6)10-4-9(15)11-5-17-12(16)18-19(10)11/h1-5H,(H2,16,18). The number of fused-ring (bicyclic) bond motifs is 1. The van der Waals surface area contributed by atoms with Crippen molar-refractivity contribution in [2.75, 3.05) is 5.73 Å². The van der Waals surface area contributed by atoms with E-state index in [0.29, 0.717) is 0 Å². The van der Waals surface area contributed by atoms with Crippen LogP contribution in [0.25, 0.3) is 16.8 Å². The number of benzene rings is 1. The van der Waals surface area contributed by atoms with Crippen molar-refractivity contribution in [3.8, 4) is 11.3 Å². The summed E-state index contributed by atoms with van der Waals surface area (Å²) in [5, 5.41) is 3.80. The van der Waals surface area contributed by atoms with Crippen molar-refractivity contribution >= 4 is 11.5 Å². The molecule has 4 nitrogen and oxygen atoms in total. The third-order valence-electron chi connectivity index (χ3n) is 2.69. The first kappa shape index (κ1) is 11.5. The molecule has 0 aliphatic heterocycles. The molecule has 0 saturated heterocycles. The largest absolute Gasteiger partial charge is 0.367 e. The minimum Gasteiger partial charge on any atom is -0.367 e. The van der Waals surface area contributed by atoms with Crippen molar-refractivity contribution in [2.24, 2.45) is 0 Å². The highest BCUT2D eigenvalue weighted by atomic mass is 19.1. The summed E-state index contributed by atoms with van der Waals surface area (Å²) in [4.78, 5) is 3.65. The lowest BCUT2D eigenvalue weighted by molar-refractivity contribution is 0.602. The predicted octanol–water partition coefficient (Wildman–Crippen LogP) is 2.40. The molecule has 1 aromatic carbocycles. The van der Waals surface area contributed by atoms with E-state index in [0.717, 1.165) is 28.8 Å². The Morgan fingerprint density at radius 1 is 1.05 bits per heavy atom. The van der Waals surface area contributed by atoms with Crippen LogP contribution in [0.3, 0.4) is 0 Å². The SMILES string of the molecule is Nc1ncc2c(F)cc(-c3cc(F)ccc3F)n2n1. The summed E-state index contributed by atoms with van der Waals surface area (Å²) >= 11 is 0. The Labute approximate surface area is 105 Å².